The normalized spacial score (nSPS) is 10.4. The van der Waals surface area contributed by atoms with Crippen LogP contribution in [0.15, 0.2) is 24.3 Å². The van der Waals surface area contributed by atoms with E-state index in [-0.39, 0.29) is 25.7 Å². The van der Waals surface area contributed by atoms with Crippen LogP contribution in [0.1, 0.15) is 25.3 Å². The van der Waals surface area contributed by atoms with Crippen LogP contribution < -0.4 is 10.1 Å². The first-order chi connectivity index (χ1) is 8.15. The predicted molar refractivity (Wildman–Crippen MR) is 66.1 cm³/mol. The number of para-hydroxylation sites is 1. The highest BCUT2D eigenvalue weighted by Gasteiger charge is 2.08. The predicted octanol–water partition coefficient (Wildman–Crippen LogP) is 1.30. The maximum absolute atomic E-state index is 11.3. The van der Waals surface area contributed by atoms with Crippen molar-refractivity contribution in [2.24, 2.45) is 0 Å². The van der Waals surface area contributed by atoms with E-state index in [0.29, 0.717) is 5.92 Å². The minimum absolute atomic E-state index is 0.0241. The summed E-state index contributed by atoms with van der Waals surface area (Å²) in [6.07, 6.45) is 0. The van der Waals surface area contributed by atoms with E-state index < -0.39 is 0 Å². The number of amides is 1. The van der Waals surface area contributed by atoms with Crippen molar-refractivity contribution in [3.8, 4) is 5.75 Å². The standard InChI is InChI=1S/C13H19NO3/c1-10(2)11-5-3-4-6-12(11)17-9-13(16)14-7-8-15/h3-6,10,15H,7-9H2,1-2H3,(H,14,16). The molecule has 94 valence electrons. The summed E-state index contributed by atoms with van der Waals surface area (Å²) < 4.78 is 5.46. The molecule has 0 aromatic heterocycles. The van der Waals surface area contributed by atoms with E-state index in [9.17, 15) is 4.79 Å². The van der Waals surface area contributed by atoms with Crippen molar-refractivity contribution >= 4 is 5.91 Å². The first-order valence-corrected chi connectivity index (χ1v) is 5.74. The van der Waals surface area contributed by atoms with Gasteiger partial charge in [0.15, 0.2) is 6.61 Å². The Morgan fingerprint density at radius 1 is 1.41 bits per heavy atom. The van der Waals surface area contributed by atoms with Crippen molar-refractivity contribution in [3.63, 3.8) is 0 Å². The van der Waals surface area contributed by atoms with Crippen molar-refractivity contribution in [2.75, 3.05) is 19.8 Å². The van der Waals surface area contributed by atoms with Crippen LogP contribution in [0.4, 0.5) is 0 Å². The third-order valence-corrected chi connectivity index (χ3v) is 2.33. The number of carbonyl (C=O) groups excluding carboxylic acids is 1. The number of rotatable bonds is 6. The Hall–Kier alpha value is -1.55. The smallest absolute Gasteiger partial charge is 0.258 e. The van der Waals surface area contributed by atoms with Gasteiger partial charge in [-0.15, -0.1) is 0 Å². The van der Waals surface area contributed by atoms with Gasteiger partial charge in [-0.25, -0.2) is 0 Å². The molecule has 1 amide bonds. The summed E-state index contributed by atoms with van der Waals surface area (Å²) in [5.41, 5.74) is 1.09. The second-order valence-corrected chi connectivity index (χ2v) is 4.05. The maximum atomic E-state index is 11.3. The van der Waals surface area contributed by atoms with Crippen LogP contribution in [-0.2, 0) is 4.79 Å². The van der Waals surface area contributed by atoms with Crippen LogP contribution >= 0.6 is 0 Å². The Labute approximate surface area is 102 Å². The number of aliphatic hydroxyl groups excluding tert-OH is 1. The second-order valence-electron chi connectivity index (χ2n) is 4.05. The molecule has 0 aliphatic heterocycles. The molecule has 1 rings (SSSR count). The number of hydrogen-bond acceptors (Lipinski definition) is 3. The van der Waals surface area contributed by atoms with Gasteiger partial charge in [-0.3, -0.25) is 4.79 Å². The van der Waals surface area contributed by atoms with Crippen LogP contribution in [0.5, 0.6) is 5.75 Å². The molecule has 1 aromatic carbocycles. The van der Waals surface area contributed by atoms with Crippen LogP contribution in [0.3, 0.4) is 0 Å². The summed E-state index contributed by atoms with van der Waals surface area (Å²) in [5.74, 6) is 0.867. The Balaban J connectivity index is 2.54. The monoisotopic (exact) mass is 237 g/mol. The average molecular weight is 237 g/mol. The fraction of sp³-hybridized carbons (Fsp3) is 0.462. The highest BCUT2D eigenvalue weighted by Crippen LogP contribution is 2.25. The lowest BCUT2D eigenvalue weighted by Crippen LogP contribution is -2.31. The molecule has 0 aliphatic rings. The molecule has 4 heteroatoms. The Morgan fingerprint density at radius 3 is 2.76 bits per heavy atom. The molecule has 0 saturated carbocycles. The zero-order valence-corrected chi connectivity index (χ0v) is 10.3. The first-order valence-electron chi connectivity index (χ1n) is 5.74. The summed E-state index contributed by atoms with van der Waals surface area (Å²) in [7, 11) is 0. The van der Waals surface area contributed by atoms with E-state index in [1.54, 1.807) is 0 Å². The molecule has 1 aromatic rings. The zero-order chi connectivity index (χ0) is 12.7. The van der Waals surface area contributed by atoms with Gasteiger partial charge in [-0.1, -0.05) is 32.0 Å². The minimum atomic E-state index is -0.224. The molecule has 0 unspecified atom stereocenters. The number of nitrogens with one attached hydrogen (secondary N) is 1. The molecule has 0 saturated heterocycles. The van der Waals surface area contributed by atoms with E-state index in [1.165, 1.54) is 0 Å². The molecular formula is C13H19NO3. The molecule has 0 spiro atoms. The largest absolute Gasteiger partial charge is 0.483 e. The van der Waals surface area contributed by atoms with E-state index in [0.717, 1.165) is 11.3 Å². The first kappa shape index (κ1) is 13.5. The topological polar surface area (TPSA) is 58.6 Å². The summed E-state index contributed by atoms with van der Waals surface area (Å²) in [5, 5.41) is 11.1. The van der Waals surface area contributed by atoms with Crippen LogP contribution in [0, 0.1) is 0 Å². The molecule has 0 heterocycles. The van der Waals surface area contributed by atoms with E-state index in [1.807, 2.05) is 24.3 Å². The Morgan fingerprint density at radius 2 is 2.12 bits per heavy atom. The number of aliphatic hydroxyl groups is 1. The van der Waals surface area contributed by atoms with Crippen molar-refractivity contribution in [1.29, 1.82) is 0 Å². The van der Waals surface area contributed by atoms with Crippen molar-refractivity contribution < 1.29 is 14.6 Å². The average Bonchev–Trinajstić information content (AvgIpc) is 2.34. The Kier molecular flexibility index (Phi) is 5.49. The van der Waals surface area contributed by atoms with E-state index in [2.05, 4.69) is 19.2 Å². The van der Waals surface area contributed by atoms with Gasteiger partial charge in [0.25, 0.3) is 5.91 Å². The van der Waals surface area contributed by atoms with Crippen molar-refractivity contribution in [2.45, 2.75) is 19.8 Å². The van der Waals surface area contributed by atoms with E-state index >= 15 is 0 Å². The quantitative estimate of drug-likeness (QED) is 0.784. The van der Waals surface area contributed by atoms with E-state index in [4.69, 9.17) is 9.84 Å². The van der Waals surface area contributed by atoms with Gasteiger partial charge in [-0.2, -0.15) is 0 Å². The highest BCUT2D eigenvalue weighted by atomic mass is 16.5. The molecular weight excluding hydrogens is 218 g/mol. The third kappa shape index (κ3) is 4.44. The lowest BCUT2D eigenvalue weighted by Gasteiger charge is -2.13. The molecule has 2 N–H and O–H groups in total. The summed E-state index contributed by atoms with van der Waals surface area (Å²) in [6.45, 7) is 4.33. The van der Waals surface area contributed by atoms with Crippen LogP contribution in [0.25, 0.3) is 0 Å². The van der Waals surface area contributed by atoms with Crippen LogP contribution in [0.2, 0.25) is 0 Å². The SMILES string of the molecule is CC(C)c1ccccc1OCC(=O)NCCO. The molecule has 17 heavy (non-hydrogen) atoms. The third-order valence-electron chi connectivity index (χ3n) is 2.33. The van der Waals surface area contributed by atoms with Crippen molar-refractivity contribution in [3.05, 3.63) is 29.8 Å². The van der Waals surface area contributed by atoms with Crippen LogP contribution in [-0.4, -0.2) is 30.8 Å². The molecule has 0 aliphatic carbocycles. The fourth-order valence-corrected chi connectivity index (χ4v) is 1.48. The molecule has 0 atom stereocenters. The van der Waals surface area contributed by atoms with Gasteiger partial charge in [0.2, 0.25) is 0 Å². The van der Waals surface area contributed by atoms with Crippen molar-refractivity contribution in [1.82, 2.24) is 5.32 Å². The minimum Gasteiger partial charge on any atom is -0.483 e. The number of hydrogen-bond donors (Lipinski definition) is 2. The van der Waals surface area contributed by atoms with Gasteiger partial charge in [0, 0.05) is 6.54 Å². The molecule has 4 nitrogen and oxygen atoms in total. The molecule has 0 bridgehead atoms. The fourth-order valence-electron chi connectivity index (χ4n) is 1.48. The Bertz CT molecular complexity index is 363. The lowest BCUT2D eigenvalue weighted by molar-refractivity contribution is -0.123. The van der Waals surface area contributed by atoms with Gasteiger partial charge < -0.3 is 15.2 Å². The van der Waals surface area contributed by atoms with Gasteiger partial charge in [0.05, 0.1) is 6.61 Å². The number of benzene rings is 1. The van der Waals surface area contributed by atoms with Gasteiger partial charge in [-0.05, 0) is 17.5 Å². The summed E-state index contributed by atoms with van der Waals surface area (Å²) in [4.78, 5) is 11.3. The zero-order valence-electron chi connectivity index (χ0n) is 10.3. The second kappa shape index (κ2) is 6.91. The maximum Gasteiger partial charge on any atom is 0.258 e. The summed E-state index contributed by atoms with van der Waals surface area (Å²) in [6, 6.07) is 7.68. The van der Waals surface area contributed by atoms with Gasteiger partial charge >= 0.3 is 0 Å². The number of carbonyl (C=O) groups is 1. The van der Waals surface area contributed by atoms with Gasteiger partial charge in [0.1, 0.15) is 5.75 Å². The lowest BCUT2D eigenvalue weighted by atomic mass is 10.0. The molecule has 0 fully saturated rings. The highest BCUT2D eigenvalue weighted by molar-refractivity contribution is 5.77. The molecule has 0 radical (unpaired) electrons. The summed E-state index contributed by atoms with van der Waals surface area (Å²) >= 11 is 0. The number of ether oxygens (including phenoxy) is 1.